The predicted octanol–water partition coefficient (Wildman–Crippen LogP) is 3.00. The number of imide groups is 1. The lowest BCUT2D eigenvalue weighted by molar-refractivity contribution is -0.115. The molecule has 3 heterocycles. The monoisotopic (exact) mass is 485 g/mol. The third-order valence-corrected chi connectivity index (χ3v) is 5.42. The minimum absolute atomic E-state index is 0.119. The molecule has 0 atom stereocenters. The quantitative estimate of drug-likeness (QED) is 0.315. The van der Waals surface area contributed by atoms with Crippen molar-refractivity contribution in [2.24, 2.45) is 0 Å². The van der Waals surface area contributed by atoms with E-state index in [1.165, 1.54) is 12.1 Å². The molecule has 0 unspecified atom stereocenters. The van der Waals surface area contributed by atoms with Gasteiger partial charge >= 0.3 is 6.03 Å². The van der Waals surface area contributed by atoms with Crippen LogP contribution in [0, 0.1) is 5.82 Å². The van der Waals surface area contributed by atoms with Crippen LogP contribution >= 0.6 is 15.9 Å². The first-order valence-corrected chi connectivity index (χ1v) is 10.4. The Morgan fingerprint density at radius 1 is 1.26 bits per heavy atom. The van der Waals surface area contributed by atoms with Crippen molar-refractivity contribution in [3.63, 3.8) is 0 Å². The fourth-order valence-electron chi connectivity index (χ4n) is 3.20. The summed E-state index contributed by atoms with van der Waals surface area (Å²) in [5.41, 5.74) is 1.67. The molecule has 2 aromatic heterocycles. The Bertz CT molecular complexity index is 1250. The molecule has 1 aromatic carbocycles. The second kappa shape index (κ2) is 7.65. The van der Waals surface area contributed by atoms with Crippen LogP contribution in [0.4, 0.5) is 20.8 Å². The Kier molecular flexibility index (Phi) is 4.81. The highest BCUT2D eigenvalue weighted by atomic mass is 79.9. The second-order valence-corrected chi connectivity index (χ2v) is 8.25. The maximum atomic E-state index is 14.2. The zero-order chi connectivity index (χ0) is 21.5. The Morgan fingerprint density at radius 2 is 2.10 bits per heavy atom. The van der Waals surface area contributed by atoms with Gasteiger partial charge in [-0.05, 0) is 31.1 Å². The molecule has 31 heavy (non-hydrogen) atoms. The summed E-state index contributed by atoms with van der Waals surface area (Å²) in [7, 11) is 0. The summed E-state index contributed by atoms with van der Waals surface area (Å²) in [6.07, 6.45) is 5.24. The van der Waals surface area contributed by atoms with Gasteiger partial charge in [-0.1, -0.05) is 22.0 Å². The number of aromatic nitrogens is 3. The van der Waals surface area contributed by atoms with E-state index in [1.54, 1.807) is 22.8 Å². The van der Waals surface area contributed by atoms with Crippen LogP contribution in [0.2, 0.25) is 0 Å². The molecule has 0 bridgehead atoms. The third kappa shape index (κ3) is 4.08. The number of hydrogen-bond acceptors (Lipinski definition) is 6. The van der Waals surface area contributed by atoms with Crippen molar-refractivity contribution in [3.8, 4) is 0 Å². The van der Waals surface area contributed by atoms with Crippen molar-refractivity contribution in [2.45, 2.75) is 25.4 Å². The molecule has 1 aliphatic carbocycles. The molecule has 2 fully saturated rings. The number of urea groups is 1. The molecular formula is C20H17BrFN7O2. The van der Waals surface area contributed by atoms with Gasteiger partial charge in [-0.2, -0.15) is 9.61 Å². The summed E-state index contributed by atoms with van der Waals surface area (Å²) in [4.78, 5) is 27.9. The van der Waals surface area contributed by atoms with Crippen LogP contribution in [-0.2, 0) is 11.3 Å². The highest BCUT2D eigenvalue weighted by Gasteiger charge is 2.25. The van der Waals surface area contributed by atoms with Crippen molar-refractivity contribution >= 4 is 51.2 Å². The van der Waals surface area contributed by atoms with Crippen molar-refractivity contribution in [2.75, 3.05) is 10.6 Å². The van der Waals surface area contributed by atoms with E-state index in [-0.39, 0.29) is 18.1 Å². The van der Waals surface area contributed by atoms with Crippen LogP contribution in [0.3, 0.4) is 0 Å². The summed E-state index contributed by atoms with van der Waals surface area (Å²) >= 11 is 3.25. The molecule has 0 spiro atoms. The fourth-order valence-corrected chi connectivity index (χ4v) is 3.53. The van der Waals surface area contributed by atoms with Gasteiger partial charge in [0, 0.05) is 34.3 Å². The van der Waals surface area contributed by atoms with Crippen molar-refractivity contribution in [3.05, 3.63) is 57.6 Å². The minimum Gasteiger partial charge on any atom is -0.367 e. The molecule has 1 saturated carbocycles. The first kappa shape index (κ1) is 19.5. The number of hydrogen-bond donors (Lipinski definition) is 4. The van der Waals surface area contributed by atoms with Crippen molar-refractivity contribution < 1.29 is 14.0 Å². The number of fused-ring (bicyclic) bond motifs is 1. The molecule has 5 rings (SSSR count). The Morgan fingerprint density at radius 3 is 2.81 bits per heavy atom. The van der Waals surface area contributed by atoms with E-state index in [2.05, 4.69) is 47.3 Å². The van der Waals surface area contributed by atoms with Crippen molar-refractivity contribution in [1.29, 1.82) is 0 Å². The van der Waals surface area contributed by atoms with Crippen LogP contribution in [0.25, 0.3) is 11.7 Å². The van der Waals surface area contributed by atoms with Crippen LogP contribution in [0.1, 0.15) is 24.0 Å². The number of anilines is 2. The lowest BCUT2D eigenvalue weighted by atomic mass is 10.2. The molecule has 11 heteroatoms. The summed E-state index contributed by atoms with van der Waals surface area (Å²) in [6.45, 7) is 0.244. The van der Waals surface area contributed by atoms with Crippen LogP contribution in [-0.4, -0.2) is 32.6 Å². The van der Waals surface area contributed by atoms with Gasteiger partial charge in [-0.15, -0.1) is 0 Å². The number of nitrogens with one attached hydrogen (secondary N) is 4. The van der Waals surface area contributed by atoms with E-state index < -0.39 is 11.9 Å². The molecule has 0 radical (unpaired) electrons. The molecule has 2 aliphatic rings. The average molecular weight is 486 g/mol. The highest BCUT2D eigenvalue weighted by Crippen LogP contribution is 2.28. The molecule has 158 valence electrons. The number of rotatable bonds is 6. The molecule has 1 saturated heterocycles. The summed E-state index contributed by atoms with van der Waals surface area (Å²) in [5, 5.41) is 15.6. The van der Waals surface area contributed by atoms with Crippen LogP contribution in [0.15, 0.2) is 40.6 Å². The van der Waals surface area contributed by atoms with Gasteiger partial charge in [0.1, 0.15) is 23.1 Å². The molecule has 3 aromatic rings. The van der Waals surface area contributed by atoms with Crippen molar-refractivity contribution in [1.82, 2.24) is 25.2 Å². The van der Waals surface area contributed by atoms with E-state index >= 15 is 0 Å². The van der Waals surface area contributed by atoms with E-state index in [4.69, 9.17) is 0 Å². The Balaban J connectivity index is 1.49. The molecule has 1 aliphatic heterocycles. The fraction of sp³-hybridized carbons (Fsp3) is 0.200. The van der Waals surface area contributed by atoms with Gasteiger partial charge in [-0.25, -0.2) is 14.2 Å². The number of amides is 3. The van der Waals surface area contributed by atoms with E-state index in [0.717, 1.165) is 18.7 Å². The normalized spacial score (nSPS) is 17.2. The number of benzene rings is 1. The van der Waals surface area contributed by atoms with E-state index in [1.807, 2.05) is 6.07 Å². The van der Waals surface area contributed by atoms with Gasteiger partial charge in [0.2, 0.25) is 0 Å². The predicted molar refractivity (Wildman–Crippen MR) is 116 cm³/mol. The summed E-state index contributed by atoms with van der Waals surface area (Å²) < 4.78 is 16.5. The molecular weight excluding hydrogens is 469 g/mol. The number of carbonyl (C=O) groups is 2. The van der Waals surface area contributed by atoms with Gasteiger partial charge in [0.25, 0.3) is 5.91 Å². The van der Waals surface area contributed by atoms with Gasteiger partial charge in [-0.3, -0.25) is 10.1 Å². The average Bonchev–Trinajstić information content (AvgIpc) is 3.36. The van der Waals surface area contributed by atoms with Crippen LogP contribution in [0.5, 0.6) is 0 Å². The first-order valence-electron chi connectivity index (χ1n) is 9.63. The molecule has 9 nitrogen and oxygen atoms in total. The summed E-state index contributed by atoms with van der Waals surface area (Å²) in [6, 6.07) is 6.50. The lowest BCUT2D eigenvalue weighted by Gasteiger charge is -2.12. The number of nitrogens with zero attached hydrogens (tertiary/aromatic N) is 3. The zero-order valence-corrected chi connectivity index (χ0v) is 17.7. The van der Waals surface area contributed by atoms with E-state index in [0.29, 0.717) is 33.1 Å². The first-order chi connectivity index (χ1) is 15.0. The van der Waals surface area contributed by atoms with Gasteiger partial charge < -0.3 is 16.0 Å². The number of carbonyl (C=O) groups excluding carboxylic acids is 2. The van der Waals surface area contributed by atoms with E-state index in [9.17, 15) is 14.0 Å². The van der Waals surface area contributed by atoms with Gasteiger partial charge in [0.15, 0.2) is 5.65 Å². The standard InChI is InChI=1S/C20H17BrFN7O2/c21-12-2-1-10(14(22)6-12)8-23-16-7-17(25-13-3-4-13)29-18(27-16)11(9-24-29)5-15-19(30)28-20(31)26-15/h1-2,5-7,9,13,25H,3-4,8H2,(H,23,27)(H2,26,28,30,31)/b15-5-. The molecule has 3 amide bonds. The number of halogens is 2. The molecule has 4 N–H and O–H groups in total. The Hall–Kier alpha value is -3.47. The van der Waals surface area contributed by atoms with Crippen LogP contribution < -0.4 is 21.3 Å². The maximum Gasteiger partial charge on any atom is 0.326 e. The smallest absolute Gasteiger partial charge is 0.326 e. The highest BCUT2D eigenvalue weighted by molar-refractivity contribution is 9.10. The third-order valence-electron chi connectivity index (χ3n) is 4.92. The Labute approximate surface area is 184 Å². The SMILES string of the molecule is O=C1NC(=O)/C(=C/c2cnn3c(NC4CC4)cc(NCc4ccc(Br)cc4F)nc23)N1. The second-order valence-electron chi connectivity index (χ2n) is 7.34. The maximum absolute atomic E-state index is 14.2. The topological polar surface area (TPSA) is 112 Å². The largest absolute Gasteiger partial charge is 0.367 e. The minimum atomic E-state index is -0.573. The lowest BCUT2D eigenvalue weighted by Crippen LogP contribution is -2.22. The summed E-state index contributed by atoms with van der Waals surface area (Å²) in [5.74, 6) is 0.423. The van der Waals surface area contributed by atoms with Gasteiger partial charge in [0.05, 0.1) is 6.20 Å². The zero-order valence-electron chi connectivity index (χ0n) is 16.1.